The number of anilines is 1. The van der Waals surface area contributed by atoms with Gasteiger partial charge in [0, 0.05) is 29.6 Å². The smallest absolute Gasteiger partial charge is 0.180 e. The molecule has 0 saturated heterocycles. The minimum atomic E-state index is -0.262. The minimum absolute atomic E-state index is 0. The van der Waals surface area contributed by atoms with E-state index in [4.69, 9.17) is 5.73 Å². The molecule has 3 N–H and O–H groups in total. The minimum Gasteiger partial charge on any atom is -0.375 e. The zero-order valence-corrected chi connectivity index (χ0v) is 13.2. The summed E-state index contributed by atoms with van der Waals surface area (Å²) in [6.45, 7) is 5.44. The van der Waals surface area contributed by atoms with Crippen LogP contribution >= 0.6 is 23.7 Å². The van der Waals surface area contributed by atoms with Gasteiger partial charge in [0.1, 0.15) is 5.82 Å². The van der Waals surface area contributed by atoms with Crippen LogP contribution in [-0.4, -0.2) is 11.5 Å². The van der Waals surface area contributed by atoms with Gasteiger partial charge in [0.05, 0.1) is 0 Å². The van der Waals surface area contributed by atoms with Crippen LogP contribution in [0.15, 0.2) is 30.5 Å². The second kappa shape index (κ2) is 7.02. The molecule has 1 aromatic heterocycles. The van der Waals surface area contributed by atoms with Crippen molar-refractivity contribution in [2.45, 2.75) is 25.8 Å². The molecule has 0 aliphatic carbocycles. The van der Waals surface area contributed by atoms with Crippen LogP contribution in [0.4, 0.5) is 9.52 Å². The van der Waals surface area contributed by atoms with Gasteiger partial charge in [0.15, 0.2) is 5.13 Å². The van der Waals surface area contributed by atoms with E-state index in [2.05, 4.69) is 10.3 Å². The molecule has 0 radical (unpaired) electrons. The Morgan fingerprint density at radius 1 is 1.35 bits per heavy atom. The number of nitrogens with two attached hydrogens (primary N) is 1. The lowest BCUT2D eigenvalue weighted by Crippen LogP contribution is -2.33. The first-order valence-electron chi connectivity index (χ1n) is 6.15. The molecule has 0 unspecified atom stereocenters. The third-order valence-corrected chi connectivity index (χ3v) is 3.87. The van der Waals surface area contributed by atoms with Gasteiger partial charge in [-0.15, -0.1) is 23.7 Å². The standard InChI is InChI=1S/C14H18FN3S.ClH/c1-14(2,11-5-3-4-6-12(11)15)9-17-7-10-8-18-13(16)19-10;/h3-6,8,17H,7,9H2,1-2H3,(H2,16,18);1H. The van der Waals surface area contributed by atoms with Gasteiger partial charge < -0.3 is 11.1 Å². The maximum atomic E-state index is 13.8. The molecule has 1 aromatic carbocycles. The molecule has 0 aliphatic heterocycles. The number of hydrogen-bond acceptors (Lipinski definition) is 4. The summed E-state index contributed by atoms with van der Waals surface area (Å²) in [6, 6.07) is 6.91. The average molecular weight is 316 g/mol. The lowest BCUT2D eigenvalue weighted by molar-refractivity contribution is 0.445. The Labute approximate surface area is 128 Å². The molecule has 1 heterocycles. The van der Waals surface area contributed by atoms with E-state index < -0.39 is 0 Å². The number of rotatable bonds is 5. The summed E-state index contributed by atoms with van der Waals surface area (Å²) >= 11 is 1.47. The summed E-state index contributed by atoms with van der Waals surface area (Å²) in [5.74, 6) is -0.156. The van der Waals surface area contributed by atoms with Gasteiger partial charge in [0.2, 0.25) is 0 Å². The number of aromatic nitrogens is 1. The third-order valence-electron chi connectivity index (χ3n) is 3.04. The second-order valence-corrected chi connectivity index (χ2v) is 6.28. The maximum absolute atomic E-state index is 13.8. The van der Waals surface area contributed by atoms with Crippen LogP contribution in [0.5, 0.6) is 0 Å². The van der Waals surface area contributed by atoms with E-state index in [1.54, 1.807) is 12.3 Å². The van der Waals surface area contributed by atoms with Crippen LogP contribution in [0.25, 0.3) is 0 Å². The Balaban J connectivity index is 0.00000200. The first-order valence-corrected chi connectivity index (χ1v) is 6.96. The summed E-state index contributed by atoms with van der Waals surface area (Å²) in [5, 5.41) is 3.90. The largest absolute Gasteiger partial charge is 0.375 e. The van der Waals surface area contributed by atoms with E-state index in [0.29, 0.717) is 18.2 Å². The number of benzene rings is 1. The highest BCUT2D eigenvalue weighted by molar-refractivity contribution is 7.15. The SMILES string of the molecule is CC(C)(CNCc1cnc(N)s1)c1ccccc1F.Cl. The topological polar surface area (TPSA) is 50.9 Å². The quantitative estimate of drug-likeness (QED) is 0.889. The van der Waals surface area contributed by atoms with Gasteiger partial charge in [0.25, 0.3) is 0 Å². The van der Waals surface area contributed by atoms with Gasteiger partial charge in [-0.1, -0.05) is 32.0 Å². The van der Waals surface area contributed by atoms with Crippen LogP contribution in [0.3, 0.4) is 0 Å². The fourth-order valence-electron chi connectivity index (χ4n) is 2.01. The molecule has 0 bridgehead atoms. The fourth-order valence-corrected chi connectivity index (χ4v) is 2.66. The molecule has 0 spiro atoms. The Hall–Kier alpha value is -1.17. The Morgan fingerprint density at radius 3 is 2.65 bits per heavy atom. The molecule has 20 heavy (non-hydrogen) atoms. The zero-order valence-electron chi connectivity index (χ0n) is 11.5. The molecule has 0 saturated carbocycles. The second-order valence-electron chi connectivity index (χ2n) is 5.13. The first kappa shape index (κ1) is 16.9. The van der Waals surface area contributed by atoms with Crippen LogP contribution in [0.1, 0.15) is 24.3 Å². The number of thiazole rings is 1. The van der Waals surface area contributed by atoms with Crippen molar-refractivity contribution >= 4 is 28.9 Å². The van der Waals surface area contributed by atoms with Crippen molar-refractivity contribution in [2.75, 3.05) is 12.3 Å². The van der Waals surface area contributed by atoms with E-state index in [9.17, 15) is 4.39 Å². The fraction of sp³-hybridized carbons (Fsp3) is 0.357. The summed E-state index contributed by atoms with van der Waals surface area (Å²) < 4.78 is 13.8. The lowest BCUT2D eigenvalue weighted by atomic mass is 9.84. The first-order chi connectivity index (χ1) is 8.99. The lowest BCUT2D eigenvalue weighted by Gasteiger charge is -2.26. The molecule has 0 aliphatic rings. The molecule has 2 rings (SSSR count). The number of halogens is 2. The number of nitrogens with zero attached hydrogens (tertiary/aromatic N) is 1. The molecule has 3 nitrogen and oxygen atoms in total. The van der Waals surface area contributed by atoms with Crippen molar-refractivity contribution in [1.29, 1.82) is 0 Å². The van der Waals surface area contributed by atoms with Gasteiger partial charge in [-0.3, -0.25) is 0 Å². The zero-order chi connectivity index (χ0) is 13.9. The van der Waals surface area contributed by atoms with Crippen molar-refractivity contribution in [3.8, 4) is 0 Å². The monoisotopic (exact) mass is 315 g/mol. The normalized spacial score (nSPS) is 11.2. The van der Waals surface area contributed by atoms with E-state index in [1.165, 1.54) is 17.4 Å². The molecule has 0 atom stereocenters. The number of hydrogen-bond donors (Lipinski definition) is 2. The Kier molecular flexibility index (Phi) is 5.92. The highest BCUT2D eigenvalue weighted by Crippen LogP contribution is 2.25. The molecular weight excluding hydrogens is 297 g/mol. The summed E-state index contributed by atoms with van der Waals surface area (Å²) in [6.07, 6.45) is 1.77. The van der Waals surface area contributed by atoms with Gasteiger partial charge >= 0.3 is 0 Å². The van der Waals surface area contributed by atoms with E-state index in [-0.39, 0.29) is 23.6 Å². The van der Waals surface area contributed by atoms with E-state index in [1.807, 2.05) is 26.0 Å². The molecule has 0 fully saturated rings. The van der Waals surface area contributed by atoms with Gasteiger partial charge in [-0.2, -0.15) is 0 Å². The van der Waals surface area contributed by atoms with Crippen LogP contribution < -0.4 is 11.1 Å². The van der Waals surface area contributed by atoms with Crippen molar-refractivity contribution < 1.29 is 4.39 Å². The van der Waals surface area contributed by atoms with Crippen LogP contribution in [-0.2, 0) is 12.0 Å². The number of nitrogen functional groups attached to an aromatic ring is 1. The van der Waals surface area contributed by atoms with Crippen molar-refractivity contribution in [3.63, 3.8) is 0 Å². The van der Waals surface area contributed by atoms with Gasteiger partial charge in [-0.05, 0) is 11.6 Å². The number of nitrogens with one attached hydrogen (secondary N) is 1. The van der Waals surface area contributed by atoms with Crippen molar-refractivity contribution in [1.82, 2.24) is 10.3 Å². The van der Waals surface area contributed by atoms with Crippen molar-refractivity contribution in [2.24, 2.45) is 0 Å². The molecule has 0 amide bonds. The summed E-state index contributed by atoms with van der Waals surface area (Å²) in [5.41, 5.74) is 6.04. The van der Waals surface area contributed by atoms with Crippen molar-refractivity contribution in [3.05, 3.63) is 46.7 Å². The van der Waals surface area contributed by atoms with Crippen LogP contribution in [0, 0.1) is 5.82 Å². The van der Waals surface area contributed by atoms with E-state index in [0.717, 1.165) is 10.4 Å². The highest BCUT2D eigenvalue weighted by atomic mass is 35.5. The predicted molar refractivity (Wildman–Crippen MR) is 84.9 cm³/mol. The molecule has 110 valence electrons. The summed E-state index contributed by atoms with van der Waals surface area (Å²) in [4.78, 5) is 5.09. The van der Waals surface area contributed by atoms with Crippen LogP contribution in [0.2, 0.25) is 0 Å². The molecule has 2 aromatic rings. The maximum Gasteiger partial charge on any atom is 0.180 e. The molecular formula is C14H19ClFN3S. The molecule has 6 heteroatoms. The average Bonchev–Trinajstić information content (AvgIpc) is 2.75. The highest BCUT2D eigenvalue weighted by Gasteiger charge is 2.23. The van der Waals surface area contributed by atoms with E-state index >= 15 is 0 Å². The Morgan fingerprint density at radius 2 is 2.05 bits per heavy atom. The third kappa shape index (κ3) is 4.16. The van der Waals surface area contributed by atoms with Gasteiger partial charge in [-0.25, -0.2) is 9.37 Å². The summed E-state index contributed by atoms with van der Waals surface area (Å²) in [7, 11) is 0. The predicted octanol–water partition coefficient (Wildman–Crippen LogP) is 3.35. The Bertz CT molecular complexity index is 557.